The largest absolute Gasteiger partial charge is 0.480 e. The molecule has 0 aliphatic carbocycles. The van der Waals surface area contributed by atoms with Gasteiger partial charge in [0.25, 0.3) is 0 Å². The quantitative estimate of drug-likeness (QED) is 0.514. The van der Waals surface area contributed by atoms with E-state index in [-0.39, 0.29) is 17.5 Å². The summed E-state index contributed by atoms with van der Waals surface area (Å²) in [5, 5.41) is 13.5. The Morgan fingerprint density at radius 2 is 1.84 bits per heavy atom. The van der Waals surface area contributed by atoms with E-state index in [9.17, 15) is 9.59 Å². The van der Waals surface area contributed by atoms with Crippen LogP contribution in [0.5, 0.6) is 0 Å². The molecule has 3 aromatic rings. The Balaban J connectivity index is 2.03. The van der Waals surface area contributed by atoms with Crippen LogP contribution in [0.25, 0.3) is 10.8 Å². The zero-order chi connectivity index (χ0) is 18.0. The zero-order valence-electron chi connectivity index (χ0n) is 12.8. The molecule has 5 nitrogen and oxygen atoms in total. The maximum absolute atomic E-state index is 12.9. The molecule has 0 atom stereocenters. The lowest BCUT2D eigenvalue weighted by atomic mass is 9.99. The molecule has 7 heteroatoms. The molecule has 0 unspecified atom stereocenters. The second-order valence-electron chi connectivity index (χ2n) is 5.28. The molecule has 0 bridgehead atoms. The van der Waals surface area contributed by atoms with Crippen LogP contribution in [-0.2, 0) is 4.79 Å². The van der Waals surface area contributed by atoms with Crippen molar-refractivity contribution in [2.45, 2.75) is 0 Å². The minimum absolute atomic E-state index is 0.256. The predicted molar refractivity (Wildman–Crippen MR) is 97.8 cm³/mol. The molecule has 0 fully saturated rings. The van der Waals surface area contributed by atoms with Gasteiger partial charge >= 0.3 is 5.97 Å². The van der Waals surface area contributed by atoms with Gasteiger partial charge in [-0.2, -0.15) is 0 Å². The molecule has 2 aromatic carbocycles. The molecule has 0 aliphatic heterocycles. The molecule has 3 rings (SSSR count). The summed E-state index contributed by atoms with van der Waals surface area (Å²) in [7, 11) is 0. The fourth-order valence-corrected chi connectivity index (χ4v) is 2.90. The minimum atomic E-state index is -1.01. The van der Waals surface area contributed by atoms with Crippen LogP contribution in [-0.4, -0.2) is 28.4 Å². The monoisotopic (exact) mass is 374 g/mol. The summed E-state index contributed by atoms with van der Waals surface area (Å²) in [6, 6.07) is 11.7. The van der Waals surface area contributed by atoms with Crippen LogP contribution in [0.2, 0.25) is 10.2 Å². The van der Waals surface area contributed by atoms with Crippen LogP contribution in [0.15, 0.2) is 48.7 Å². The summed E-state index contributed by atoms with van der Waals surface area (Å²) in [6.45, 7) is -0.284. The van der Waals surface area contributed by atoms with Crippen LogP contribution in [0.3, 0.4) is 0 Å². The third-order valence-electron chi connectivity index (χ3n) is 3.65. The fraction of sp³-hybridized carbons (Fsp3) is 0.0556. The van der Waals surface area contributed by atoms with Gasteiger partial charge in [0.1, 0.15) is 11.7 Å². The SMILES string of the molecule is O=C(O)CNc1ccccc1C(=O)c1ccc2c(Cl)cnc(Cl)c2c1. The minimum Gasteiger partial charge on any atom is -0.480 e. The smallest absolute Gasteiger partial charge is 0.322 e. The number of pyridine rings is 1. The number of fused-ring (bicyclic) bond motifs is 1. The Hall–Kier alpha value is -2.63. The third kappa shape index (κ3) is 3.57. The van der Waals surface area contributed by atoms with Crippen molar-refractivity contribution in [2.75, 3.05) is 11.9 Å². The summed E-state index contributed by atoms with van der Waals surface area (Å²) < 4.78 is 0. The maximum atomic E-state index is 12.9. The van der Waals surface area contributed by atoms with Crippen molar-refractivity contribution >= 4 is 51.4 Å². The van der Waals surface area contributed by atoms with Crippen LogP contribution < -0.4 is 5.32 Å². The number of rotatable bonds is 5. The average molecular weight is 375 g/mol. The Bertz CT molecular complexity index is 989. The van der Waals surface area contributed by atoms with Crippen LogP contribution in [0, 0.1) is 0 Å². The summed E-state index contributed by atoms with van der Waals surface area (Å²) in [5.41, 5.74) is 1.22. The number of benzene rings is 2. The highest BCUT2D eigenvalue weighted by atomic mass is 35.5. The first-order valence-electron chi connectivity index (χ1n) is 7.30. The molecule has 126 valence electrons. The number of hydrogen-bond acceptors (Lipinski definition) is 4. The number of anilines is 1. The summed E-state index contributed by atoms with van der Waals surface area (Å²) >= 11 is 12.2. The predicted octanol–water partition coefficient (Wildman–Crippen LogP) is 4.27. The van der Waals surface area contributed by atoms with Crippen LogP contribution >= 0.6 is 23.2 Å². The summed E-state index contributed by atoms with van der Waals surface area (Å²) in [4.78, 5) is 27.6. The molecular formula is C18H12Cl2N2O3. The Morgan fingerprint density at radius 3 is 2.60 bits per heavy atom. The molecule has 0 spiro atoms. The van der Waals surface area contributed by atoms with Crippen molar-refractivity contribution in [1.29, 1.82) is 0 Å². The summed E-state index contributed by atoms with van der Waals surface area (Å²) in [6.07, 6.45) is 1.46. The number of carboxylic acid groups (broad SMARTS) is 1. The number of aromatic nitrogens is 1. The number of hydrogen-bond donors (Lipinski definition) is 2. The van der Waals surface area contributed by atoms with E-state index in [1.165, 1.54) is 6.20 Å². The first kappa shape index (κ1) is 17.2. The van der Waals surface area contributed by atoms with Gasteiger partial charge in [-0.05, 0) is 18.2 Å². The van der Waals surface area contributed by atoms with Crippen molar-refractivity contribution in [3.8, 4) is 0 Å². The van der Waals surface area contributed by atoms with E-state index in [0.29, 0.717) is 32.6 Å². The topological polar surface area (TPSA) is 79.3 Å². The number of ketones is 1. The molecule has 0 saturated carbocycles. The number of carboxylic acids is 1. The lowest BCUT2D eigenvalue weighted by molar-refractivity contribution is -0.134. The van der Waals surface area contributed by atoms with Gasteiger partial charge in [0.15, 0.2) is 5.78 Å². The van der Waals surface area contributed by atoms with Crippen molar-refractivity contribution < 1.29 is 14.7 Å². The Labute approximate surface area is 153 Å². The molecule has 0 aliphatic rings. The van der Waals surface area contributed by atoms with Gasteiger partial charge in [-0.1, -0.05) is 47.5 Å². The Kier molecular flexibility index (Phi) is 4.88. The molecular weight excluding hydrogens is 363 g/mol. The van der Waals surface area contributed by atoms with Gasteiger partial charge < -0.3 is 10.4 Å². The van der Waals surface area contributed by atoms with Gasteiger partial charge in [-0.25, -0.2) is 4.98 Å². The second kappa shape index (κ2) is 7.09. The highest BCUT2D eigenvalue weighted by molar-refractivity contribution is 6.39. The second-order valence-corrected chi connectivity index (χ2v) is 6.04. The number of carbonyl (C=O) groups is 2. The highest BCUT2D eigenvalue weighted by Gasteiger charge is 2.15. The number of nitrogens with zero attached hydrogens (tertiary/aromatic N) is 1. The van der Waals surface area contributed by atoms with Gasteiger partial charge in [-0.15, -0.1) is 0 Å². The fourth-order valence-electron chi connectivity index (χ4n) is 2.48. The highest BCUT2D eigenvalue weighted by Crippen LogP contribution is 2.29. The van der Waals surface area contributed by atoms with Crippen LogP contribution in [0.4, 0.5) is 5.69 Å². The average Bonchev–Trinajstić information content (AvgIpc) is 2.62. The third-order valence-corrected chi connectivity index (χ3v) is 4.26. The molecule has 0 saturated heterocycles. The van der Waals surface area contributed by atoms with Gasteiger partial charge in [-0.3, -0.25) is 9.59 Å². The molecule has 25 heavy (non-hydrogen) atoms. The number of aliphatic carboxylic acids is 1. The van der Waals surface area contributed by atoms with Gasteiger partial charge in [0, 0.05) is 33.8 Å². The lowest BCUT2D eigenvalue weighted by Gasteiger charge is -2.11. The molecule has 2 N–H and O–H groups in total. The van der Waals surface area contributed by atoms with Crippen molar-refractivity contribution in [2.24, 2.45) is 0 Å². The normalized spacial score (nSPS) is 10.6. The number of nitrogens with one attached hydrogen (secondary N) is 1. The number of para-hydroxylation sites is 1. The molecule has 1 heterocycles. The number of carbonyl (C=O) groups excluding carboxylic acids is 1. The van der Waals surface area contributed by atoms with E-state index in [2.05, 4.69) is 10.3 Å². The molecule has 0 amide bonds. The van der Waals surface area contributed by atoms with E-state index in [0.717, 1.165) is 0 Å². The lowest BCUT2D eigenvalue weighted by Crippen LogP contribution is -2.15. The Morgan fingerprint density at radius 1 is 1.08 bits per heavy atom. The standard InChI is InChI=1S/C18H12Cl2N2O3/c19-14-8-22-18(20)13-7-10(5-6-11(13)14)17(25)12-3-1-2-4-15(12)21-9-16(23)24/h1-8,21H,9H2,(H,23,24). The van der Waals surface area contributed by atoms with Gasteiger partial charge in [0.05, 0.1) is 5.02 Å². The first-order chi connectivity index (χ1) is 12.0. The van der Waals surface area contributed by atoms with Crippen molar-refractivity contribution in [1.82, 2.24) is 4.98 Å². The van der Waals surface area contributed by atoms with Gasteiger partial charge in [0.2, 0.25) is 0 Å². The molecule has 0 radical (unpaired) electrons. The molecule has 1 aromatic heterocycles. The maximum Gasteiger partial charge on any atom is 0.322 e. The first-order valence-corrected chi connectivity index (χ1v) is 8.06. The van der Waals surface area contributed by atoms with E-state index >= 15 is 0 Å². The number of halogens is 2. The van der Waals surface area contributed by atoms with E-state index in [1.807, 2.05) is 0 Å². The van der Waals surface area contributed by atoms with Crippen molar-refractivity contribution in [3.63, 3.8) is 0 Å². The van der Waals surface area contributed by atoms with Crippen LogP contribution in [0.1, 0.15) is 15.9 Å². The summed E-state index contributed by atoms with van der Waals surface area (Å²) in [5.74, 6) is -1.27. The van der Waals surface area contributed by atoms with Crippen molar-refractivity contribution in [3.05, 3.63) is 70.0 Å². The van der Waals surface area contributed by atoms with E-state index < -0.39 is 5.97 Å². The van der Waals surface area contributed by atoms with E-state index in [4.69, 9.17) is 28.3 Å². The van der Waals surface area contributed by atoms with E-state index in [1.54, 1.807) is 42.5 Å². The zero-order valence-corrected chi connectivity index (χ0v) is 14.3.